The molecule has 0 aliphatic rings. The maximum atomic E-state index is 5.39. The summed E-state index contributed by atoms with van der Waals surface area (Å²) in [4.78, 5) is 5.01. The van der Waals surface area contributed by atoms with Crippen LogP contribution in [0.1, 0.15) is 22.4 Å². The summed E-state index contributed by atoms with van der Waals surface area (Å²) in [5, 5.41) is 1.18. The Kier molecular flexibility index (Phi) is 5.76. The number of fused-ring (bicyclic) bond motifs is 1. The Balaban J connectivity index is 1.65. The van der Waals surface area contributed by atoms with E-state index in [4.69, 9.17) is 14.5 Å². The van der Waals surface area contributed by atoms with Crippen LogP contribution >= 0.6 is 0 Å². The van der Waals surface area contributed by atoms with Crippen molar-refractivity contribution in [2.45, 2.75) is 19.3 Å². The minimum absolute atomic E-state index is 0.836. The standard InChI is InChI=1S/C26H25NO2/c1-28-23-10-5-7-19(16-23)13-14-26-22(15-20-8-6-11-24(17-20)29-2)18-21-9-3-4-12-25(21)27-26/h3-12,16-18H,13-15H2,1-2H3. The van der Waals surface area contributed by atoms with Gasteiger partial charge in [0, 0.05) is 11.1 Å². The maximum absolute atomic E-state index is 5.39. The van der Waals surface area contributed by atoms with Crippen LogP contribution in [0.4, 0.5) is 0 Å². The van der Waals surface area contributed by atoms with Gasteiger partial charge in [-0.2, -0.15) is 0 Å². The highest BCUT2D eigenvalue weighted by Gasteiger charge is 2.10. The summed E-state index contributed by atoms with van der Waals surface area (Å²) in [7, 11) is 3.41. The highest BCUT2D eigenvalue weighted by atomic mass is 16.5. The molecular formula is C26H25NO2. The minimum Gasteiger partial charge on any atom is -0.497 e. The van der Waals surface area contributed by atoms with Crippen LogP contribution in [0, 0.1) is 0 Å². The third-order valence-corrected chi connectivity index (χ3v) is 5.21. The lowest BCUT2D eigenvalue weighted by molar-refractivity contribution is 0.414. The van der Waals surface area contributed by atoms with Crippen molar-refractivity contribution < 1.29 is 9.47 Å². The zero-order valence-corrected chi connectivity index (χ0v) is 16.9. The number of aryl methyl sites for hydroxylation is 2. The van der Waals surface area contributed by atoms with Gasteiger partial charge in [0.15, 0.2) is 0 Å². The number of hydrogen-bond donors (Lipinski definition) is 0. The van der Waals surface area contributed by atoms with Gasteiger partial charge in [0.1, 0.15) is 11.5 Å². The van der Waals surface area contributed by atoms with Gasteiger partial charge < -0.3 is 9.47 Å². The molecule has 0 saturated heterocycles. The predicted molar refractivity (Wildman–Crippen MR) is 118 cm³/mol. The molecule has 0 fully saturated rings. The number of methoxy groups -OCH3 is 2. The highest BCUT2D eigenvalue weighted by molar-refractivity contribution is 5.79. The van der Waals surface area contributed by atoms with Gasteiger partial charge in [0.2, 0.25) is 0 Å². The van der Waals surface area contributed by atoms with Crippen molar-refractivity contribution in [2.24, 2.45) is 0 Å². The summed E-state index contributed by atoms with van der Waals surface area (Å²) in [6, 6.07) is 27.1. The summed E-state index contributed by atoms with van der Waals surface area (Å²) in [6.45, 7) is 0. The second kappa shape index (κ2) is 8.78. The van der Waals surface area contributed by atoms with Crippen LogP contribution in [-0.2, 0) is 19.3 Å². The Morgan fingerprint density at radius 3 is 2.14 bits per heavy atom. The first kappa shape index (κ1) is 19.0. The molecule has 0 unspecified atom stereocenters. The molecule has 0 amide bonds. The molecule has 0 bridgehead atoms. The molecule has 1 aromatic heterocycles. The van der Waals surface area contributed by atoms with Crippen LogP contribution in [-0.4, -0.2) is 19.2 Å². The quantitative estimate of drug-likeness (QED) is 0.415. The first-order valence-corrected chi connectivity index (χ1v) is 9.88. The van der Waals surface area contributed by atoms with Gasteiger partial charge in [0.05, 0.1) is 19.7 Å². The Labute approximate surface area is 171 Å². The Morgan fingerprint density at radius 2 is 1.38 bits per heavy atom. The van der Waals surface area contributed by atoms with Gasteiger partial charge >= 0.3 is 0 Å². The molecule has 0 aliphatic heterocycles. The van der Waals surface area contributed by atoms with Crippen molar-refractivity contribution >= 4 is 10.9 Å². The van der Waals surface area contributed by atoms with Crippen LogP contribution in [0.25, 0.3) is 10.9 Å². The summed E-state index contributed by atoms with van der Waals surface area (Å²) in [5.74, 6) is 1.78. The molecule has 29 heavy (non-hydrogen) atoms. The fraction of sp³-hybridized carbons (Fsp3) is 0.192. The molecular weight excluding hydrogens is 358 g/mol. The molecule has 0 spiro atoms. The normalized spacial score (nSPS) is 10.8. The predicted octanol–water partition coefficient (Wildman–Crippen LogP) is 5.63. The SMILES string of the molecule is COc1cccc(CCc2nc3ccccc3cc2Cc2cccc(OC)c2)c1. The molecule has 4 rings (SSSR count). The van der Waals surface area contributed by atoms with Gasteiger partial charge in [-0.05, 0) is 72.4 Å². The zero-order valence-electron chi connectivity index (χ0n) is 16.9. The number of rotatable bonds is 7. The van der Waals surface area contributed by atoms with Crippen molar-refractivity contribution in [1.29, 1.82) is 0 Å². The minimum atomic E-state index is 0.836. The fourth-order valence-electron chi connectivity index (χ4n) is 3.66. The third-order valence-electron chi connectivity index (χ3n) is 5.21. The van der Waals surface area contributed by atoms with E-state index in [2.05, 4.69) is 48.5 Å². The highest BCUT2D eigenvalue weighted by Crippen LogP contribution is 2.23. The molecule has 3 nitrogen and oxygen atoms in total. The van der Waals surface area contributed by atoms with Crippen molar-refractivity contribution in [3.8, 4) is 11.5 Å². The van der Waals surface area contributed by atoms with E-state index in [1.807, 2.05) is 30.3 Å². The Morgan fingerprint density at radius 1 is 0.690 bits per heavy atom. The first-order chi connectivity index (χ1) is 14.2. The van der Waals surface area contributed by atoms with Crippen molar-refractivity contribution in [3.63, 3.8) is 0 Å². The molecule has 0 aliphatic carbocycles. The summed E-state index contributed by atoms with van der Waals surface area (Å²) >= 11 is 0. The van der Waals surface area contributed by atoms with Gasteiger partial charge in [-0.25, -0.2) is 0 Å². The van der Waals surface area contributed by atoms with E-state index >= 15 is 0 Å². The van der Waals surface area contributed by atoms with E-state index in [-0.39, 0.29) is 0 Å². The average Bonchev–Trinajstić information content (AvgIpc) is 2.78. The lowest BCUT2D eigenvalue weighted by Crippen LogP contribution is -2.03. The summed E-state index contributed by atoms with van der Waals surface area (Å²) in [5.41, 5.74) is 5.94. The van der Waals surface area contributed by atoms with E-state index in [1.54, 1.807) is 14.2 Å². The number of ether oxygens (including phenoxy) is 2. The molecule has 0 N–H and O–H groups in total. The number of hydrogen-bond acceptors (Lipinski definition) is 3. The Bertz CT molecular complexity index is 1120. The number of pyridine rings is 1. The average molecular weight is 383 g/mol. The lowest BCUT2D eigenvalue weighted by atomic mass is 9.97. The molecule has 1 heterocycles. The molecule has 3 heteroatoms. The molecule has 0 atom stereocenters. The molecule has 146 valence electrons. The second-order valence-electron chi connectivity index (χ2n) is 7.17. The number of benzene rings is 3. The summed E-state index contributed by atoms with van der Waals surface area (Å²) < 4.78 is 10.8. The fourth-order valence-corrected chi connectivity index (χ4v) is 3.66. The number of aromatic nitrogens is 1. The van der Waals surface area contributed by atoms with Gasteiger partial charge in [0.25, 0.3) is 0 Å². The van der Waals surface area contributed by atoms with Crippen molar-refractivity contribution in [2.75, 3.05) is 14.2 Å². The van der Waals surface area contributed by atoms with Crippen LogP contribution in [0.2, 0.25) is 0 Å². The first-order valence-electron chi connectivity index (χ1n) is 9.88. The van der Waals surface area contributed by atoms with E-state index in [0.29, 0.717) is 0 Å². The maximum Gasteiger partial charge on any atom is 0.119 e. The number of para-hydroxylation sites is 1. The zero-order chi connectivity index (χ0) is 20.1. The van der Waals surface area contributed by atoms with Crippen LogP contribution in [0.5, 0.6) is 11.5 Å². The van der Waals surface area contributed by atoms with E-state index in [9.17, 15) is 0 Å². The largest absolute Gasteiger partial charge is 0.497 e. The molecule has 4 aromatic rings. The van der Waals surface area contributed by atoms with E-state index in [1.165, 1.54) is 22.1 Å². The third kappa shape index (κ3) is 4.57. The van der Waals surface area contributed by atoms with Crippen molar-refractivity contribution in [1.82, 2.24) is 4.98 Å². The lowest BCUT2D eigenvalue weighted by Gasteiger charge is -2.12. The van der Waals surface area contributed by atoms with Crippen LogP contribution < -0.4 is 9.47 Å². The monoisotopic (exact) mass is 383 g/mol. The van der Waals surface area contributed by atoms with Crippen LogP contribution in [0.3, 0.4) is 0 Å². The van der Waals surface area contributed by atoms with E-state index in [0.717, 1.165) is 42.0 Å². The van der Waals surface area contributed by atoms with Gasteiger partial charge in [-0.3, -0.25) is 4.98 Å². The molecule has 3 aromatic carbocycles. The van der Waals surface area contributed by atoms with E-state index < -0.39 is 0 Å². The molecule has 0 saturated carbocycles. The Hall–Kier alpha value is -3.33. The van der Waals surface area contributed by atoms with Gasteiger partial charge in [-0.1, -0.05) is 42.5 Å². The summed E-state index contributed by atoms with van der Waals surface area (Å²) in [6.07, 6.45) is 2.65. The van der Waals surface area contributed by atoms with Crippen LogP contribution in [0.15, 0.2) is 78.9 Å². The smallest absolute Gasteiger partial charge is 0.119 e. The number of nitrogens with zero attached hydrogens (tertiary/aromatic N) is 1. The van der Waals surface area contributed by atoms with Crippen molar-refractivity contribution in [3.05, 3.63) is 101 Å². The topological polar surface area (TPSA) is 31.4 Å². The molecule has 0 radical (unpaired) electrons. The second-order valence-corrected chi connectivity index (χ2v) is 7.17. The van der Waals surface area contributed by atoms with Gasteiger partial charge in [-0.15, -0.1) is 0 Å².